The molecule has 6 N–H and O–H groups in total. The van der Waals surface area contributed by atoms with E-state index in [0.717, 1.165) is 0 Å². The van der Waals surface area contributed by atoms with Gasteiger partial charge >= 0.3 is 0 Å². The minimum Gasteiger partial charge on any atom is -0.457 e. The number of hydrogen-bond donors (Lipinski definition) is 4. The fourth-order valence-electron chi connectivity index (χ4n) is 2.11. The molecule has 0 fully saturated rings. The number of sulfonamides is 2. The summed E-state index contributed by atoms with van der Waals surface area (Å²) in [6.45, 7) is 3.29. The average molecular weight is 386 g/mol. The smallest absolute Gasteiger partial charge is 0.253 e. The Morgan fingerprint density at radius 3 is 1.92 bits per heavy atom. The molecule has 0 aliphatic carbocycles. The molecule has 0 saturated carbocycles. The minimum atomic E-state index is -3.78. The van der Waals surface area contributed by atoms with Gasteiger partial charge in [-0.25, -0.2) is 16.8 Å². The zero-order valence-corrected chi connectivity index (χ0v) is 15.1. The standard InChI is InChI=1S/C14H18N4O5S2/c1-9-8-14(25(21,22)18-16)10(2)7-13(9)23-11-3-5-12(6-4-11)24(19,20)17-15/h3-8,17-18H,15-16H2,1-2H3. The summed E-state index contributed by atoms with van der Waals surface area (Å²) in [6.07, 6.45) is 0. The first-order valence-corrected chi connectivity index (χ1v) is 9.91. The molecule has 0 heterocycles. The topological polar surface area (TPSA) is 154 Å². The number of nitrogens with one attached hydrogen (secondary N) is 2. The molecule has 0 aliphatic rings. The first-order valence-electron chi connectivity index (χ1n) is 6.94. The maximum atomic E-state index is 11.9. The quantitative estimate of drug-likeness (QED) is 0.414. The highest BCUT2D eigenvalue weighted by atomic mass is 32.2. The third-order valence-corrected chi connectivity index (χ3v) is 5.97. The third-order valence-electron chi connectivity index (χ3n) is 3.43. The van der Waals surface area contributed by atoms with Crippen LogP contribution in [0.1, 0.15) is 11.1 Å². The molecule has 2 rings (SSSR count). The Labute approximate surface area is 146 Å². The second kappa shape index (κ2) is 7.07. The molecule has 0 aromatic heterocycles. The molecule has 0 bridgehead atoms. The van der Waals surface area contributed by atoms with E-state index in [9.17, 15) is 16.8 Å². The first kappa shape index (κ1) is 19.3. The first-order chi connectivity index (χ1) is 11.6. The van der Waals surface area contributed by atoms with Crippen LogP contribution in [-0.4, -0.2) is 16.8 Å². The summed E-state index contributed by atoms with van der Waals surface area (Å²) >= 11 is 0. The van der Waals surface area contributed by atoms with Crippen LogP contribution in [0.25, 0.3) is 0 Å². The van der Waals surface area contributed by atoms with Crippen molar-refractivity contribution >= 4 is 20.0 Å². The highest BCUT2D eigenvalue weighted by molar-refractivity contribution is 7.89. The highest BCUT2D eigenvalue weighted by Crippen LogP contribution is 2.30. The lowest BCUT2D eigenvalue weighted by Gasteiger charge is -2.13. The van der Waals surface area contributed by atoms with E-state index in [1.165, 1.54) is 30.3 Å². The molecule has 0 spiro atoms. The normalized spacial score (nSPS) is 12.2. The van der Waals surface area contributed by atoms with E-state index in [1.807, 2.05) is 0 Å². The summed E-state index contributed by atoms with van der Waals surface area (Å²) in [6, 6.07) is 8.60. The van der Waals surface area contributed by atoms with E-state index in [4.69, 9.17) is 16.4 Å². The highest BCUT2D eigenvalue weighted by Gasteiger charge is 2.18. The number of hydrazine groups is 2. The molecule has 0 amide bonds. The Morgan fingerprint density at radius 2 is 1.40 bits per heavy atom. The largest absolute Gasteiger partial charge is 0.457 e. The van der Waals surface area contributed by atoms with Crippen molar-refractivity contribution in [1.29, 1.82) is 0 Å². The van der Waals surface area contributed by atoms with E-state index >= 15 is 0 Å². The van der Waals surface area contributed by atoms with Gasteiger partial charge in [-0.2, -0.15) is 9.66 Å². The second-order valence-electron chi connectivity index (χ2n) is 5.20. The maximum absolute atomic E-state index is 11.9. The number of ether oxygens (including phenoxy) is 1. The molecular formula is C14H18N4O5S2. The molecule has 2 aromatic rings. The van der Waals surface area contributed by atoms with Crippen molar-refractivity contribution in [3.05, 3.63) is 47.5 Å². The van der Waals surface area contributed by atoms with Crippen LogP contribution in [0.15, 0.2) is 46.2 Å². The van der Waals surface area contributed by atoms with Crippen LogP contribution in [-0.2, 0) is 20.0 Å². The Balaban J connectivity index is 2.34. The van der Waals surface area contributed by atoms with Gasteiger partial charge in [-0.15, -0.1) is 0 Å². The number of nitrogens with two attached hydrogens (primary N) is 2. The summed E-state index contributed by atoms with van der Waals surface area (Å²) in [5.41, 5.74) is 1.02. The van der Waals surface area contributed by atoms with Gasteiger partial charge in [0.05, 0.1) is 9.79 Å². The summed E-state index contributed by atoms with van der Waals surface area (Å²) in [5, 5.41) is 0. The van der Waals surface area contributed by atoms with Crippen molar-refractivity contribution < 1.29 is 21.6 Å². The van der Waals surface area contributed by atoms with Crippen molar-refractivity contribution in [2.75, 3.05) is 0 Å². The average Bonchev–Trinajstić information content (AvgIpc) is 2.58. The monoisotopic (exact) mass is 386 g/mol. The Bertz CT molecular complexity index is 987. The molecule has 25 heavy (non-hydrogen) atoms. The van der Waals surface area contributed by atoms with Crippen LogP contribution in [0.2, 0.25) is 0 Å². The summed E-state index contributed by atoms with van der Waals surface area (Å²) < 4.78 is 52.6. The predicted octanol–water partition coefficient (Wildman–Crippen LogP) is 0.400. The zero-order chi connectivity index (χ0) is 18.8. The SMILES string of the molecule is Cc1cc(S(=O)(=O)NN)c(C)cc1Oc1ccc(S(=O)(=O)NN)cc1. The van der Waals surface area contributed by atoms with Gasteiger partial charge in [0, 0.05) is 0 Å². The minimum absolute atomic E-state index is 0.00860. The Hall–Kier alpha value is -2.02. The van der Waals surface area contributed by atoms with Crippen molar-refractivity contribution in [3.63, 3.8) is 0 Å². The van der Waals surface area contributed by atoms with Crippen LogP contribution in [0.3, 0.4) is 0 Å². The lowest BCUT2D eigenvalue weighted by Crippen LogP contribution is -2.30. The Kier molecular flexibility index (Phi) is 5.46. The van der Waals surface area contributed by atoms with Crippen LogP contribution in [0.4, 0.5) is 0 Å². The van der Waals surface area contributed by atoms with Crippen molar-refractivity contribution in [2.24, 2.45) is 11.7 Å². The predicted molar refractivity (Wildman–Crippen MR) is 91.4 cm³/mol. The van der Waals surface area contributed by atoms with Gasteiger partial charge < -0.3 is 4.74 Å². The third kappa shape index (κ3) is 4.15. The van der Waals surface area contributed by atoms with E-state index in [0.29, 0.717) is 22.6 Å². The number of aryl methyl sites for hydroxylation is 2. The van der Waals surface area contributed by atoms with Gasteiger partial charge in [0.25, 0.3) is 20.0 Å². The summed E-state index contributed by atoms with van der Waals surface area (Å²) in [5.74, 6) is 10.8. The van der Waals surface area contributed by atoms with Gasteiger partial charge in [0.2, 0.25) is 0 Å². The molecular weight excluding hydrogens is 368 g/mol. The maximum Gasteiger partial charge on any atom is 0.253 e. The van der Waals surface area contributed by atoms with E-state index in [1.54, 1.807) is 29.6 Å². The van der Waals surface area contributed by atoms with Gasteiger partial charge in [-0.3, -0.25) is 11.7 Å². The van der Waals surface area contributed by atoms with Gasteiger partial charge in [-0.05, 0) is 61.4 Å². The molecule has 9 nitrogen and oxygen atoms in total. The van der Waals surface area contributed by atoms with Gasteiger partial charge in [-0.1, -0.05) is 0 Å². The number of rotatable bonds is 6. The number of benzene rings is 2. The molecule has 0 saturated heterocycles. The van der Waals surface area contributed by atoms with Gasteiger partial charge in [0.15, 0.2) is 0 Å². The lowest BCUT2D eigenvalue weighted by atomic mass is 10.1. The van der Waals surface area contributed by atoms with Crippen molar-refractivity contribution in [3.8, 4) is 11.5 Å². The van der Waals surface area contributed by atoms with E-state index in [2.05, 4.69) is 0 Å². The van der Waals surface area contributed by atoms with Crippen LogP contribution < -0.4 is 26.1 Å². The van der Waals surface area contributed by atoms with Crippen molar-refractivity contribution in [1.82, 2.24) is 9.66 Å². The molecule has 0 aliphatic heterocycles. The second-order valence-corrected chi connectivity index (χ2v) is 8.60. The van der Waals surface area contributed by atoms with E-state index < -0.39 is 20.0 Å². The fourth-order valence-corrected chi connectivity index (χ4v) is 3.68. The lowest BCUT2D eigenvalue weighted by molar-refractivity contribution is 0.477. The fraction of sp³-hybridized carbons (Fsp3) is 0.143. The van der Waals surface area contributed by atoms with Crippen LogP contribution in [0, 0.1) is 13.8 Å². The van der Waals surface area contributed by atoms with Gasteiger partial charge in [0.1, 0.15) is 11.5 Å². The number of hydrogen-bond acceptors (Lipinski definition) is 7. The molecule has 0 radical (unpaired) electrons. The molecule has 11 heteroatoms. The van der Waals surface area contributed by atoms with Crippen molar-refractivity contribution in [2.45, 2.75) is 23.6 Å². The van der Waals surface area contributed by atoms with Crippen LogP contribution >= 0.6 is 0 Å². The molecule has 2 aromatic carbocycles. The van der Waals surface area contributed by atoms with Crippen LogP contribution in [0.5, 0.6) is 11.5 Å². The summed E-state index contributed by atoms with van der Waals surface area (Å²) in [4.78, 5) is 3.55. The zero-order valence-electron chi connectivity index (χ0n) is 13.5. The molecule has 0 unspecified atom stereocenters. The molecule has 0 atom stereocenters. The van der Waals surface area contributed by atoms with E-state index in [-0.39, 0.29) is 9.79 Å². The molecule has 136 valence electrons. The Morgan fingerprint density at radius 1 is 0.840 bits per heavy atom. The summed E-state index contributed by atoms with van der Waals surface area (Å²) in [7, 11) is -7.52.